The monoisotopic (exact) mass is 554 g/mol. The molecule has 0 aliphatic carbocycles. The maximum atomic E-state index is 13.3. The Morgan fingerprint density at radius 3 is 2.38 bits per heavy atom. The fraction of sp³-hybridized carbons (Fsp3) is 0.375. The van der Waals surface area contributed by atoms with Crippen molar-refractivity contribution < 1.29 is 19.4 Å². The number of nitrogens with one attached hydrogen (secondary N) is 1. The Labute approximate surface area is 254 Å². The van der Waals surface area contributed by atoms with Crippen molar-refractivity contribution in [2.24, 2.45) is 0 Å². The number of rotatable bonds is 12. The van der Waals surface area contributed by atoms with Crippen molar-refractivity contribution in [3.05, 3.63) is 95.1 Å². The number of nitrogens with zero attached hydrogens (tertiary/aromatic N) is 1. The molecule has 3 aromatic carbocycles. The molecule has 1 heterocycles. The summed E-state index contributed by atoms with van der Waals surface area (Å²) < 4.78 is 6.32. The van der Waals surface area contributed by atoms with Gasteiger partial charge in [0.15, 0.2) is 0 Å². The fourth-order valence-electron chi connectivity index (χ4n) is 5.00. The van der Waals surface area contributed by atoms with Crippen LogP contribution in [0.1, 0.15) is 46.3 Å². The van der Waals surface area contributed by atoms with Crippen LogP contribution in [0, 0.1) is 6.92 Å². The predicted octanol–water partition coefficient (Wildman–Crippen LogP) is 5.13. The molecule has 1 amide bonds. The third kappa shape index (κ3) is 8.99. The minimum atomic E-state index is -1.02. The first-order valence-electron chi connectivity index (χ1n) is 13.5. The van der Waals surface area contributed by atoms with Gasteiger partial charge in [-0.15, -0.1) is 0 Å². The molecule has 0 radical (unpaired) electrons. The molecule has 1 aliphatic heterocycles. The number of carboxylic acid groups (broad SMARTS) is 1. The summed E-state index contributed by atoms with van der Waals surface area (Å²) >= 11 is 1.56. The summed E-state index contributed by atoms with van der Waals surface area (Å²) in [5.74, 6) is -0.738. The standard InChI is InChI=1S/C32H38N2O4S.Li.H/c1-23-8-6-7-11-27(23)29-20-25(12-13-28(29)31(35)33-30(32(36)37)16-19-39-2)22-38-26-14-17-34(18-15-26)21-24-9-4-3-5-10-24;;/h3-13,20,26,30H,14-19,21-22H2,1-2H3,(H,33,35)(H,36,37);;. The van der Waals surface area contributed by atoms with E-state index in [4.69, 9.17) is 4.74 Å². The van der Waals surface area contributed by atoms with E-state index in [1.54, 1.807) is 17.8 Å². The van der Waals surface area contributed by atoms with Crippen molar-refractivity contribution >= 4 is 42.5 Å². The number of benzene rings is 3. The molecule has 0 saturated carbocycles. The number of aryl methyl sites for hydroxylation is 1. The van der Waals surface area contributed by atoms with Crippen LogP contribution in [0.2, 0.25) is 0 Å². The molecule has 208 valence electrons. The van der Waals surface area contributed by atoms with E-state index >= 15 is 0 Å². The van der Waals surface area contributed by atoms with E-state index in [1.165, 1.54) is 5.56 Å². The number of ether oxygens (including phenoxy) is 1. The summed E-state index contributed by atoms with van der Waals surface area (Å²) in [5, 5.41) is 12.3. The molecule has 1 saturated heterocycles. The summed E-state index contributed by atoms with van der Waals surface area (Å²) in [5.41, 5.74) is 5.59. The van der Waals surface area contributed by atoms with Gasteiger partial charge >= 0.3 is 24.8 Å². The van der Waals surface area contributed by atoms with Gasteiger partial charge in [-0.05, 0) is 78.1 Å². The molecular formula is C32H39LiN2O4S. The number of piperidine rings is 1. The summed E-state index contributed by atoms with van der Waals surface area (Å²) in [6, 6.07) is 23.3. The van der Waals surface area contributed by atoms with Crippen LogP contribution >= 0.6 is 11.8 Å². The topological polar surface area (TPSA) is 78.9 Å². The van der Waals surface area contributed by atoms with Crippen LogP contribution < -0.4 is 5.32 Å². The first-order valence-corrected chi connectivity index (χ1v) is 14.9. The Kier molecular flexibility index (Phi) is 12.8. The molecule has 1 atom stereocenters. The number of aliphatic carboxylic acids is 1. The summed E-state index contributed by atoms with van der Waals surface area (Å²) in [6.07, 6.45) is 4.48. The number of likely N-dealkylation sites (tertiary alicyclic amines) is 1. The molecule has 1 fully saturated rings. The van der Waals surface area contributed by atoms with Crippen LogP contribution in [0.3, 0.4) is 0 Å². The van der Waals surface area contributed by atoms with Crippen molar-refractivity contribution in [2.45, 2.75) is 51.5 Å². The molecule has 6 nitrogen and oxygen atoms in total. The number of hydrogen-bond acceptors (Lipinski definition) is 5. The van der Waals surface area contributed by atoms with Crippen molar-refractivity contribution in [1.29, 1.82) is 0 Å². The molecule has 0 bridgehead atoms. The Hall–Kier alpha value is -2.53. The van der Waals surface area contributed by atoms with Gasteiger partial charge in [-0.3, -0.25) is 9.69 Å². The molecule has 0 spiro atoms. The second-order valence-electron chi connectivity index (χ2n) is 10.1. The van der Waals surface area contributed by atoms with Gasteiger partial charge in [-0.2, -0.15) is 11.8 Å². The van der Waals surface area contributed by atoms with Crippen LogP contribution in [-0.2, 0) is 22.7 Å². The van der Waals surface area contributed by atoms with E-state index in [2.05, 4.69) is 34.5 Å². The quantitative estimate of drug-likeness (QED) is 0.302. The molecule has 0 aromatic heterocycles. The number of amides is 1. The van der Waals surface area contributed by atoms with Crippen molar-refractivity contribution in [3.8, 4) is 11.1 Å². The molecule has 1 aliphatic rings. The number of carbonyl (C=O) groups excluding carboxylic acids is 1. The zero-order chi connectivity index (χ0) is 27.6. The molecule has 4 rings (SSSR count). The molecule has 40 heavy (non-hydrogen) atoms. The second-order valence-corrected chi connectivity index (χ2v) is 11.1. The molecule has 8 heteroatoms. The second kappa shape index (κ2) is 16.0. The van der Waals surface area contributed by atoms with Crippen LogP contribution in [0.25, 0.3) is 11.1 Å². The Morgan fingerprint density at radius 1 is 1.00 bits per heavy atom. The predicted molar refractivity (Wildman–Crippen MR) is 165 cm³/mol. The van der Waals surface area contributed by atoms with E-state index in [0.29, 0.717) is 24.3 Å². The maximum absolute atomic E-state index is 13.3. The number of carbonyl (C=O) groups is 2. The Balaban J connectivity index is 0.00000441. The van der Waals surface area contributed by atoms with Gasteiger partial charge in [0.2, 0.25) is 0 Å². The van der Waals surface area contributed by atoms with Gasteiger partial charge in [0, 0.05) is 25.2 Å². The van der Waals surface area contributed by atoms with Crippen molar-refractivity contribution in [1.82, 2.24) is 10.2 Å². The van der Waals surface area contributed by atoms with Crippen LogP contribution in [0.4, 0.5) is 0 Å². The van der Waals surface area contributed by atoms with E-state index in [9.17, 15) is 14.7 Å². The average molecular weight is 555 g/mol. The normalized spacial score (nSPS) is 14.8. The van der Waals surface area contributed by atoms with Crippen LogP contribution in [0.5, 0.6) is 0 Å². The van der Waals surface area contributed by atoms with Gasteiger partial charge in [-0.25, -0.2) is 4.79 Å². The van der Waals surface area contributed by atoms with Crippen LogP contribution in [0.15, 0.2) is 72.8 Å². The van der Waals surface area contributed by atoms with E-state index in [1.807, 2.05) is 55.6 Å². The number of hydrogen-bond donors (Lipinski definition) is 2. The summed E-state index contributed by atoms with van der Waals surface area (Å²) in [6.45, 7) is 5.47. The van der Waals surface area contributed by atoms with Crippen molar-refractivity contribution in [3.63, 3.8) is 0 Å². The number of carboxylic acids is 1. The first-order chi connectivity index (χ1) is 18.9. The zero-order valence-electron chi connectivity index (χ0n) is 22.8. The van der Waals surface area contributed by atoms with E-state index < -0.39 is 12.0 Å². The van der Waals surface area contributed by atoms with E-state index in [0.717, 1.165) is 54.7 Å². The van der Waals surface area contributed by atoms with Gasteiger partial charge in [0.05, 0.1) is 12.7 Å². The molecule has 1 unspecified atom stereocenters. The van der Waals surface area contributed by atoms with Gasteiger partial charge < -0.3 is 15.2 Å². The number of thioether (sulfide) groups is 1. The Bertz CT molecular complexity index is 1250. The first kappa shape index (κ1) is 32.0. The summed E-state index contributed by atoms with van der Waals surface area (Å²) in [4.78, 5) is 27.5. The van der Waals surface area contributed by atoms with Gasteiger partial charge in [-0.1, -0.05) is 60.7 Å². The van der Waals surface area contributed by atoms with Crippen molar-refractivity contribution in [2.75, 3.05) is 25.1 Å². The SMILES string of the molecule is CSCCC(NC(=O)c1ccc(COC2CCN(Cc3ccccc3)CC2)cc1-c1ccccc1C)C(=O)O.[LiH]. The van der Waals surface area contributed by atoms with Gasteiger partial charge in [0.25, 0.3) is 5.91 Å². The fourth-order valence-corrected chi connectivity index (χ4v) is 5.47. The minimum absolute atomic E-state index is 0. The van der Waals surface area contributed by atoms with Gasteiger partial charge in [0.1, 0.15) is 6.04 Å². The Morgan fingerprint density at radius 2 is 1.70 bits per heavy atom. The summed E-state index contributed by atoms with van der Waals surface area (Å²) in [7, 11) is 0. The third-order valence-electron chi connectivity index (χ3n) is 7.25. The van der Waals surface area contributed by atoms with Crippen LogP contribution in [-0.4, -0.2) is 78.0 Å². The average Bonchev–Trinajstić information content (AvgIpc) is 2.95. The zero-order valence-corrected chi connectivity index (χ0v) is 23.6. The third-order valence-corrected chi connectivity index (χ3v) is 7.89. The molecular weight excluding hydrogens is 515 g/mol. The molecule has 2 N–H and O–H groups in total. The van der Waals surface area contributed by atoms with E-state index in [-0.39, 0.29) is 30.9 Å². The molecule has 3 aromatic rings.